The molecule has 0 spiro atoms. The third-order valence-electron chi connectivity index (χ3n) is 3.84. The van der Waals surface area contributed by atoms with Gasteiger partial charge in [-0.1, -0.05) is 48.9 Å². The fourth-order valence-electron chi connectivity index (χ4n) is 2.48. The SMILES string of the molecule is CCc1ccc(C(CN)Cc2ccc(OC)c(Cl)c2)cc1. The van der Waals surface area contributed by atoms with Crippen molar-refractivity contribution in [3.8, 4) is 5.75 Å². The predicted molar refractivity (Wildman–Crippen MR) is 89.3 cm³/mol. The highest BCUT2D eigenvalue weighted by Gasteiger charge is 2.12. The maximum atomic E-state index is 6.19. The van der Waals surface area contributed by atoms with Gasteiger partial charge in [-0.25, -0.2) is 0 Å². The first kappa shape index (κ1) is 15.9. The summed E-state index contributed by atoms with van der Waals surface area (Å²) in [6.07, 6.45) is 1.94. The molecule has 0 fully saturated rings. The van der Waals surface area contributed by atoms with Crippen LogP contribution in [0.1, 0.15) is 29.5 Å². The Morgan fingerprint density at radius 2 is 1.76 bits per heavy atom. The van der Waals surface area contributed by atoms with Crippen LogP contribution in [0.3, 0.4) is 0 Å². The first-order chi connectivity index (χ1) is 10.2. The number of benzene rings is 2. The van der Waals surface area contributed by atoms with Gasteiger partial charge in [0.25, 0.3) is 0 Å². The van der Waals surface area contributed by atoms with Crippen molar-refractivity contribution in [1.82, 2.24) is 0 Å². The molecule has 2 nitrogen and oxygen atoms in total. The summed E-state index contributed by atoms with van der Waals surface area (Å²) in [4.78, 5) is 0. The molecule has 0 saturated heterocycles. The lowest BCUT2D eigenvalue weighted by Gasteiger charge is -2.16. The molecule has 0 aliphatic carbocycles. The van der Waals surface area contributed by atoms with Crippen LogP contribution in [0.15, 0.2) is 42.5 Å². The number of ether oxygens (including phenoxy) is 1. The van der Waals surface area contributed by atoms with E-state index in [1.807, 2.05) is 18.2 Å². The van der Waals surface area contributed by atoms with Gasteiger partial charge in [0.1, 0.15) is 5.75 Å². The molecule has 0 aliphatic heterocycles. The Morgan fingerprint density at radius 3 is 2.29 bits per heavy atom. The number of hydrogen-bond donors (Lipinski definition) is 1. The highest BCUT2D eigenvalue weighted by molar-refractivity contribution is 6.32. The lowest BCUT2D eigenvalue weighted by atomic mass is 9.91. The molecule has 2 rings (SSSR count). The normalized spacial score (nSPS) is 12.2. The van der Waals surface area contributed by atoms with Gasteiger partial charge in [0, 0.05) is 5.92 Å². The van der Waals surface area contributed by atoms with Gasteiger partial charge in [-0.05, 0) is 48.2 Å². The van der Waals surface area contributed by atoms with E-state index in [9.17, 15) is 0 Å². The monoisotopic (exact) mass is 303 g/mol. The molecule has 0 bridgehead atoms. The molecule has 2 aromatic rings. The minimum atomic E-state index is 0.306. The summed E-state index contributed by atoms with van der Waals surface area (Å²) in [6.45, 7) is 2.78. The van der Waals surface area contributed by atoms with Crippen LogP contribution in [0.5, 0.6) is 5.75 Å². The molecule has 0 radical (unpaired) electrons. The highest BCUT2D eigenvalue weighted by Crippen LogP contribution is 2.28. The van der Waals surface area contributed by atoms with Crippen LogP contribution >= 0.6 is 11.6 Å². The smallest absolute Gasteiger partial charge is 0.137 e. The zero-order valence-electron chi connectivity index (χ0n) is 12.6. The third-order valence-corrected chi connectivity index (χ3v) is 4.14. The quantitative estimate of drug-likeness (QED) is 0.868. The molecule has 2 aromatic carbocycles. The number of halogens is 1. The van der Waals surface area contributed by atoms with Gasteiger partial charge in [-0.3, -0.25) is 0 Å². The van der Waals surface area contributed by atoms with Crippen molar-refractivity contribution < 1.29 is 4.74 Å². The van der Waals surface area contributed by atoms with Crippen molar-refractivity contribution in [2.24, 2.45) is 5.73 Å². The molecular formula is C18H22ClNO. The fraction of sp³-hybridized carbons (Fsp3) is 0.333. The molecule has 0 saturated carbocycles. The Labute approximate surface area is 131 Å². The van der Waals surface area contributed by atoms with E-state index >= 15 is 0 Å². The minimum absolute atomic E-state index is 0.306. The molecular weight excluding hydrogens is 282 g/mol. The van der Waals surface area contributed by atoms with E-state index in [0.717, 1.165) is 12.8 Å². The van der Waals surface area contributed by atoms with Gasteiger partial charge >= 0.3 is 0 Å². The maximum Gasteiger partial charge on any atom is 0.137 e. The first-order valence-corrected chi connectivity index (χ1v) is 7.67. The van der Waals surface area contributed by atoms with Crippen molar-refractivity contribution in [3.63, 3.8) is 0 Å². The Morgan fingerprint density at radius 1 is 1.10 bits per heavy atom. The summed E-state index contributed by atoms with van der Waals surface area (Å²) in [5, 5.41) is 0.645. The van der Waals surface area contributed by atoms with Crippen molar-refractivity contribution in [2.45, 2.75) is 25.7 Å². The van der Waals surface area contributed by atoms with E-state index in [1.54, 1.807) is 7.11 Å². The average molecular weight is 304 g/mol. The van der Waals surface area contributed by atoms with E-state index in [2.05, 4.69) is 31.2 Å². The second kappa shape index (κ2) is 7.48. The third kappa shape index (κ3) is 3.99. The number of hydrogen-bond acceptors (Lipinski definition) is 2. The summed E-state index contributed by atoms with van der Waals surface area (Å²) in [5.74, 6) is 1.01. The lowest BCUT2D eigenvalue weighted by Crippen LogP contribution is -2.15. The molecule has 0 aliphatic rings. The maximum absolute atomic E-state index is 6.19. The summed E-state index contributed by atoms with van der Waals surface area (Å²) in [5.41, 5.74) is 9.76. The fourth-order valence-corrected chi connectivity index (χ4v) is 2.76. The van der Waals surface area contributed by atoms with Crippen molar-refractivity contribution in [2.75, 3.05) is 13.7 Å². The van der Waals surface area contributed by atoms with Crippen molar-refractivity contribution in [1.29, 1.82) is 0 Å². The van der Waals surface area contributed by atoms with Gasteiger partial charge < -0.3 is 10.5 Å². The molecule has 1 unspecified atom stereocenters. The largest absolute Gasteiger partial charge is 0.495 e. The van der Waals surface area contributed by atoms with Crippen LogP contribution in [-0.4, -0.2) is 13.7 Å². The van der Waals surface area contributed by atoms with E-state index in [1.165, 1.54) is 16.7 Å². The van der Waals surface area contributed by atoms with E-state index in [0.29, 0.717) is 23.2 Å². The van der Waals surface area contributed by atoms with Crippen molar-refractivity contribution in [3.05, 3.63) is 64.2 Å². The van der Waals surface area contributed by atoms with E-state index in [-0.39, 0.29) is 0 Å². The Balaban J connectivity index is 2.16. The Bertz CT molecular complexity index is 580. The molecule has 21 heavy (non-hydrogen) atoms. The highest BCUT2D eigenvalue weighted by atomic mass is 35.5. The summed E-state index contributed by atoms with van der Waals surface area (Å²) < 4.78 is 5.18. The van der Waals surface area contributed by atoms with Crippen LogP contribution in [0.2, 0.25) is 5.02 Å². The standard InChI is InChI=1S/C18H22ClNO/c1-3-13-4-7-15(8-5-13)16(12-20)10-14-6-9-18(21-2)17(19)11-14/h4-9,11,16H,3,10,12,20H2,1-2H3. The second-order valence-electron chi connectivity index (χ2n) is 5.20. The second-order valence-corrected chi connectivity index (χ2v) is 5.61. The number of nitrogens with two attached hydrogens (primary N) is 1. The van der Waals surface area contributed by atoms with Crippen LogP contribution in [0.4, 0.5) is 0 Å². The Hall–Kier alpha value is -1.51. The number of methoxy groups -OCH3 is 1. The van der Waals surface area contributed by atoms with Crippen LogP contribution < -0.4 is 10.5 Å². The minimum Gasteiger partial charge on any atom is -0.495 e. The van der Waals surface area contributed by atoms with Gasteiger partial charge in [0.2, 0.25) is 0 Å². The van der Waals surface area contributed by atoms with Gasteiger partial charge in [-0.15, -0.1) is 0 Å². The zero-order valence-corrected chi connectivity index (χ0v) is 13.4. The zero-order chi connectivity index (χ0) is 15.2. The van der Waals surface area contributed by atoms with Crippen LogP contribution in [0, 0.1) is 0 Å². The van der Waals surface area contributed by atoms with Crippen molar-refractivity contribution >= 4 is 11.6 Å². The molecule has 0 heterocycles. The summed E-state index contributed by atoms with van der Waals surface area (Å²) >= 11 is 6.19. The van der Waals surface area contributed by atoms with Crippen LogP contribution in [-0.2, 0) is 12.8 Å². The molecule has 0 amide bonds. The molecule has 3 heteroatoms. The lowest BCUT2D eigenvalue weighted by molar-refractivity contribution is 0.415. The molecule has 1 atom stereocenters. The summed E-state index contributed by atoms with van der Waals surface area (Å²) in [6, 6.07) is 14.6. The van der Waals surface area contributed by atoms with E-state index < -0.39 is 0 Å². The van der Waals surface area contributed by atoms with Gasteiger partial charge in [0.05, 0.1) is 12.1 Å². The molecule has 112 valence electrons. The predicted octanol–water partition coefficient (Wildman–Crippen LogP) is 4.20. The van der Waals surface area contributed by atoms with Crippen LogP contribution in [0.25, 0.3) is 0 Å². The molecule has 0 aromatic heterocycles. The van der Waals surface area contributed by atoms with Gasteiger partial charge in [0.15, 0.2) is 0 Å². The molecule has 2 N–H and O–H groups in total. The van der Waals surface area contributed by atoms with Gasteiger partial charge in [-0.2, -0.15) is 0 Å². The topological polar surface area (TPSA) is 35.2 Å². The summed E-state index contributed by atoms with van der Waals surface area (Å²) in [7, 11) is 1.62. The van der Waals surface area contributed by atoms with E-state index in [4.69, 9.17) is 22.1 Å². The Kier molecular flexibility index (Phi) is 5.66. The average Bonchev–Trinajstić information content (AvgIpc) is 2.53. The first-order valence-electron chi connectivity index (χ1n) is 7.29. The number of aryl methyl sites for hydroxylation is 1. The number of rotatable bonds is 6.